The van der Waals surface area contributed by atoms with E-state index in [9.17, 15) is 4.39 Å². The SMILES string of the molecule is C#Cc1cc[c]cc1F. The molecule has 0 heterocycles. The molecule has 0 bridgehead atoms. The van der Waals surface area contributed by atoms with Crippen LogP contribution in [0.3, 0.4) is 0 Å². The van der Waals surface area contributed by atoms with Crippen molar-refractivity contribution < 1.29 is 4.39 Å². The molecule has 0 fully saturated rings. The zero-order valence-electron chi connectivity index (χ0n) is 4.69. The van der Waals surface area contributed by atoms with Gasteiger partial charge in [-0.2, -0.15) is 0 Å². The predicted octanol–water partition coefficient (Wildman–Crippen LogP) is 1.61. The van der Waals surface area contributed by atoms with Gasteiger partial charge < -0.3 is 0 Å². The largest absolute Gasteiger partial charge is 0.206 e. The second-order valence-corrected chi connectivity index (χ2v) is 1.55. The van der Waals surface area contributed by atoms with E-state index in [4.69, 9.17) is 6.42 Å². The summed E-state index contributed by atoms with van der Waals surface area (Å²) >= 11 is 0. The van der Waals surface area contributed by atoms with Crippen LogP contribution in [-0.2, 0) is 0 Å². The van der Waals surface area contributed by atoms with E-state index >= 15 is 0 Å². The maximum atomic E-state index is 12.4. The van der Waals surface area contributed by atoms with Crippen molar-refractivity contribution in [2.45, 2.75) is 0 Å². The van der Waals surface area contributed by atoms with Gasteiger partial charge >= 0.3 is 0 Å². The predicted molar refractivity (Wildman–Crippen MR) is 33.2 cm³/mol. The maximum Gasteiger partial charge on any atom is 0.139 e. The lowest BCUT2D eigenvalue weighted by atomic mass is 10.2. The van der Waals surface area contributed by atoms with Crippen LogP contribution in [0.1, 0.15) is 5.56 Å². The molecule has 0 aromatic heterocycles. The first-order chi connectivity index (χ1) is 4.34. The smallest absolute Gasteiger partial charge is 0.139 e. The fourth-order valence-corrected chi connectivity index (χ4v) is 0.527. The van der Waals surface area contributed by atoms with Gasteiger partial charge in [-0.25, -0.2) is 4.39 Å². The number of hydrogen-bond donors (Lipinski definition) is 0. The summed E-state index contributed by atoms with van der Waals surface area (Å²) in [6, 6.07) is 6.87. The molecule has 0 unspecified atom stereocenters. The first-order valence-corrected chi connectivity index (χ1v) is 2.47. The maximum absolute atomic E-state index is 12.4. The third kappa shape index (κ3) is 1.09. The van der Waals surface area contributed by atoms with Crippen molar-refractivity contribution in [3.8, 4) is 12.3 Å². The Morgan fingerprint density at radius 3 is 2.89 bits per heavy atom. The highest BCUT2D eigenvalue weighted by atomic mass is 19.1. The third-order valence-corrected chi connectivity index (χ3v) is 0.969. The summed E-state index contributed by atoms with van der Waals surface area (Å²) in [6.07, 6.45) is 4.95. The lowest BCUT2D eigenvalue weighted by Gasteiger charge is -1.88. The van der Waals surface area contributed by atoms with E-state index in [0.717, 1.165) is 0 Å². The van der Waals surface area contributed by atoms with E-state index in [-0.39, 0.29) is 11.4 Å². The average Bonchev–Trinajstić information content (AvgIpc) is 1.89. The van der Waals surface area contributed by atoms with Gasteiger partial charge in [-0.05, 0) is 18.2 Å². The van der Waals surface area contributed by atoms with Gasteiger partial charge in [0.25, 0.3) is 0 Å². The van der Waals surface area contributed by atoms with Gasteiger partial charge in [-0.15, -0.1) is 6.42 Å². The quantitative estimate of drug-likeness (QED) is 0.455. The second kappa shape index (κ2) is 2.32. The highest BCUT2D eigenvalue weighted by Crippen LogP contribution is 2.02. The molecule has 1 aromatic rings. The molecule has 0 atom stereocenters. The number of halogens is 1. The summed E-state index contributed by atoms with van der Waals surface area (Å²) in [6.45, 7) is 0. The lowest BCUT2D eigenvalue weighted by Crippen LogP contribution is -1.79. The number of terminal acetylenes is 1. The zero-order chi connectivity index (χ0) is 6.69. The van der Waals surface area contributed by atoms with Gasteiger partial charge in [-0.3, -0.25) is 0 Å². The molecular weight excluding hydrogens is 115 g/mol. The van der Waals surface area contributed by atoms with Crippen LogP contribution >= 0.6 is 0 Å². The van der Waals surface area contributed by atoms with Crippen molar-refractivity contribution in [1.29, 1.82) is 0 Å². The van der Waals surface area contributed by atoms with Gasteiger partial charge in [0.15, 0.2) is 0 Å². The highest BCUT2D eigenvalue weighted by Gasteiger charge is 1.92. The van der Waals surface area contributed by atoms with Crippen LogP contribution in [0.2, 0.25) is 0 Å². The summed E-state index contributed by atoms with van der Waals surface area (Å²) < 4.78 is 12.4. The molecule has 0 N–H and O–H groups in total. The van der Waals surface area contributed by atoms with Crippen molar-refractivity contribution in [2.75, 3.05) is 0 Å². The monoisotopic (exact) mass is 119 g/mol. The Hall–Kier alpha value is -1.29. The molecule has 0 aliphatic heterocycles. The Bertz CT molecular complexity index is 245. The molecule has 43 valence electrons. The van der Waals surface area contributed by atoms with Crippen LogP contribution in [-0.4, -0.2) is 0 Å². The molecule has 0 spiro atoms. The zero-order valence-corrected chi connectivity index (χ0v) is 4.69. The van der Waals surface area contributed by atoms with Crippen LogP contribution < -0.4 is 0 Å². The highest BCUT2D eigenvalue weighted by molar-refractivity contribution is 5.32. The summed E-state index contributed by atoms with van der Waals surface area (Å²) in [4.78, 5) is 0. The first kappa shape index (κ1) is 5.84. The second-order valence-electron chi connectivity index (χ2n) is 1.55. The summed E-state index contributed by atoms with van der Waals surface area (Å²) in [5.41, 5.74) is 0.286. The Morgan fingerprint density at radius 2 is 2.44 bits per heavy atom. The fraction of sp³-hybridized carbons (Fsp3) is 0. The van der Waals surface area contributed by atoms with Crippen LogP contribution in [0.5, 0.6) is 0 Å². The van der Waals surface area contributed by atoms with Crippen molar-refractivity contribution in [1.82, 2.24) is 0 Å². The van der Waals surface area contributed by atoms with E-state index in [2.05, 4.69) is 12.0 Å². The molecule has 1 rings (SSSR count). The van der Waals surface area contributed by atoms with Crippen LogP contribution in [0.4, 0.5) is 4.39 Å². The Kier molecular flexibility index (Phi) is 1.51. The molecule has 9 heavy (non-hydrogen) atoms. The summed E-state index contributed by atoms with van der Waals surface area (Å²) in [7, 11) is 0. The van der Waals surface area contributed by atoms with Crippen molar-refractivity contribution in [3.63, 3.8) is 0 Å². The molecule has 0 aliphatic rings. The normalized spacial score (nSPS) is 8.44. The molecule has 1 heteroatoms. The van der Waals surface area contributed by atoms with Gasteiger partial charge in [0.2, 0.25) is 0 Å². The van der Waals surface area contributed by atoms with Crippen LogP contribution in [0.25, 0.3) is 0 Å². The van der Waals surface area contributed by atoms with Crippen LogP contribution in [0, 0.1) is 24.2 Å². The average molecular weight is 119 g/mol. The van der Waals surface area contributed by atoms with E-state index in [0.29, 0.717) is 0 Å². The molecule has 0 amide bonds. The Labute approximate surface area is 53.3 Å². The lowest BCUT2D eigenvalue weighted by molar-refractivity contribution is 0.624. The van der Waals surface area contributed by atoms with E-state index in [1.807, 2.05) is 0 Å². The summed E-state index contributed by atoms with van der Waals surface area (Å²) in [5, 5.41) is 0. The van der Waals surface area contributed by atoms with E-state index < -0.39 is 0 Å². The van der Waals surface area contributed by atoms with E-state index in [1.165, 1.54) is 12.1 Å². The molecular formula is C8H4F. The fourth-order valence-electron chi connectivity index (χ4n) is 0.527. The van der Waals surface area contributed by atoms with Gasteiger partial charge in [-0.1, -0.05) is 12.0 Å². The summed E-state index contributed by atoms with van der Waals surface area (Å²) in [5.74, 6) is 1.81. The first-order valence-electron chi connectivity index (χ1n) is 2.47. The standard InChI is InChI=1S/C8H4F/c1-2-7-5-3-4-6-8(7)9/h1,3,5-6H. The third-order valence-electron chi connectivity index (χ3n) is 0.969. The number of benzene rings is 1. The van der Waals surface area contributed by atoms with Crippen molar-refractivity contribution in [3.05, 3.63) is 35.6 Å². The molecule has 0 nitrogen and oxygen atoms in total. The van der Waals surface area contributed by atoms with Crippen molar-refractivity contribution >= 4 is 0 Å². The topological polar surface area (TPSA) is 0 Å². The van der Waals surface area contributed by atoms with Crippen molar-refractivity contribution in [2.24, 2.45) is 0 Å². The van der Waals surface area contributed by atoms with Gasteiger partial charge in [0.1, 0.15) is 5.82 Å². The molecule has 1 aromatic carbocycles. The Morgan fingerprint density at radius 1 is 1.67 bits per heavy atom. The molecule has 0 saturated carbocycles. The van der Waals surface area contributed by atoms with Gasteiger partial charge in [0, 0.05) is 0 Å². The molecule has 0 aliphatic carbocycles. The molecule has 1 radical (unpaired) electrons. The minimum atomic E-state index is -0.389. The van der Waals surface area contributed by atoms with E-state index in [1.54, 1.807) is 6.07 Å². The Balaban J connectivity index is 3.20. The molecule has 0 saturated heterocycles. The van der Waals surface area contributed by atoms with Gasteiger partial charge in [0.05, 0.1) is 5.56 Å². The minimum absolute atomic E-state index is 0.286. The number of hydrogen-bond acceptors (Lipinski definition) is 0. The minimum Gasteiger partial charge on any atom is -0.206 e. The van der Waals surface area contributed by atoms with Crippen LogP contribution in [0.15, 0.2) is 18.2 Å². The number of rotatable bonds is 0.